The van der Waals surface area contributed by atoms with E-state index in [4.69, 9.17) is 22.5 Å². The largest absolute Gasteiger partial charge is 0.409 e. The highest BCUT2D eigenvalue weighted by atomic mass is 127. The number of aromatic nitrogens is 2. The molecule has 0 spiro atoms. The van der Waals surface area contributed by atoms with E-state index in [1.54, 1.807) is 25.2 Å². The average Bonchev–Trinajstić information content (AvgIpc) is 2.82. The maximum absolute atomic E-state index is 12.3. The number of carbonyl (C=O) groups is 1. The first-order chi connectivity index (χ1) is 9.93. The summed E-state index contributed by atoms with van der Waals surface area (Å²) in [5.41, 5.74) is 6.30. The molecule has 2 rings (SSSR count). The number of hydrogen-bond acceptors (Lipinski definition) is 4. The molecule has 2 aromatic rings. The van der Waals surface area contributed by atoms with Crippen molar-refractivity contribution in [1.29, 1.82) is 0 Å². The molecule has 0 atom stereocenters. The van der Waals surface area contributed by atoms with Crippen LogP contribution in [0.5, 0.6) is 0 Å². The lowest BCUT2D eigenvalue weighted by Crippen LogP contribution is -2.20. The first kappa shape index (κ1) is 15.6. The van der Waals surface area contributed by atoms with Gasteiger partial charge >= 0.3 is 0 Å². The third kappa shape index (κ3) is 3.27. The van der Waals surface area contributed by atoms with Crippen LogP contribution in [0, 0.1) is 3.57 Å². The van der Waals surface area contributed by atoms with Gasteiger partial charge in [0.15, 0.2) is 5.84 Å². The lowest BCUT2D eigenvalue weighted by molar-refractivity contribution is 0.102. The summed E-state index contributed by atoms with van der Waals surface area (Å²) in [6, 6.07) is 5.01. The van der Waals surface area contributed by atoms with E-state index in [9.17, 15) is 4.79 Å². The Morgan fingerprint density at radius 1 is 1.52 bits per heavy atom. The molecule has 0 bridgehead atoms. The van der Waals surface area contributed by atoms with E-state index >= 15 is 0 Å². The van der Waals surface area contributed by atoms with Crippen molar-refractivity contribution in [2.24, 2.45) is 17.9 Å². The third-order valence-corrected chi connectivity index (χ3v) is 3.90. The molecule has 0 saturated carbocycles. The zero-order chi connectivity index (χ0) is 15.6. The molecule has 1 amide bonds. The zero-order valence-electron chi connectivity index (χ0n) is 10.8. The molecule has 21 heavy (non-hydrogen) atoms. The monoisotopic (exact) mass is 419 g/mol. The Labute approximate surface area is 138 Å². The molecule has 1 aromatic heterocycles. The lowest BCUT2D eigenvalue weighted by Gasteiger charge is -2.09. The molecule has 0 unspecified atom stereocenters. The van der Waals surface area contributed by atoms with Gasteiger partial charge < -0.3 is 16.3 Å². The molecular weight excluding hydrogens is 409 g/mol. The number of nitrogens with two attached hydrogens (primary N) is 1. The molecule has 0 saturated heterocycles. The summed E-state index contributed by atoms with van der Waals surface area (Å²) in [5.74, 6) is -0.178. The van der Waals surface area contributed by atoms with Crippen molar-refractivity contribution in [2.45, 2.75) is 0 Å². The molecule has 0 aliphatic rings. The Morgan fingerprint density at radius 2 is 2.24 bits per heavy atom. The van der Waals surface area contributed by atoms with Crippen LogP contribution in [0.3, 0.4) is 0 Å². The molecule has 0 aliphatic heterocycles. The molecule has 1 aromatic carbocycles. The topological polar surface area (TPSA) is 106 Å². The number of nitrogens with zero attached hydrogens (tertiary/aromatic N) is 3. The van der Waals surface area contributed by atoms with Crippen molar-refractivity contribution in [3.8, 4) is 0 Å². The van der Waals surface area contributed by atoms with Crippen LogP contribution in [0.2, 0.25) is 5.02 Å². The van der Waals surface area contributed by atoms with Crippen LogP contribution < -0.4 is 11.1 Å². The number of amides is 1. The van der Waals surface area contributed by atoms with Gasteiger partial charge in [0.2, 0.25) is 0 Å². The second-order valence-corrected chi connectivity index (χ2v) is 5.69. The fraction of sp³-hybridized carbons (Fsp3) is 0.0833. The van der Waals surface area contributed by atoms with Crippen molar-refractivity contribution in [3.05, 3.63) is 44.1 Å². The second-order valence-electron chi connectivity index (χ2n) is 4.09. The SMILES string of the molecule is Cn1ncc(/C(N)=N/O)c1NC(=O)c1cc(Cl)ccc1I. The van der Waals surface area contributed by atoms with E-state index in [0.29, 0.717) is 22.0 Å². The number of benzene rings is 1. The number of anilines is 1. The van der Waals surface area contributed by atoms with Gasteiger partial charge in [-0.2, -0.15) is 5.10 Å². The van der Waals surface area contributed by atoms with Gasteiger partial charge in [0.05, 0.1) is 17.3 Å². The van der Waals surface area contributed by atoms with E-state index in [-0.39, 0.29) is 11.7 Å². The minimum Gasteiger partial charge on any atom is -0.409 e. The number of aryl methyl sites for hydroxylation is 1. The van der Waals surface area contributed by atoms with Gasteiger partial charge in [-0.3, -0.25) is 9.48 Å². The number of carbonyl (C=O) groups excluding carboxylic acids is 1. The van der Waals surface area contributed by atoms with E-state index in [0.717, 1.165) is 3.57 Å². The Hall–Kier alpha value is -1.81. The van der Waals surface area contributed by atoms with Crippen LogP contribution >= 0.6 is 34.2 Å². The highest BCUT2D eigenvalue weighted by Crippen LogP contribution is 2.20. The van der Waals surface area contributed by atoms with Gasteiger partial charge in [0.25, 0.3) is 5.91 Å². The fourth-order valence-electron chi connectivity index (χ4n) is 1.67. The number of amidine groups is 1. The smallest absolute Gasteiger partial charge is 0.257 e. The van der Waals surface area contributed by atoms with Crippen LogP contribution in [-0.4, -0.2) is 26.7 Å². The number of rotatable bonds is 3. The third-order valence-electron chi connectivity index (χ3n) is 2.73. The number of hydrogen-bond donors (Lipinski definition) is 3. The van der Waals surface area contributed by atoms with Crippen molar-refractivity contribution in [3.63, 3.8) is 0 Å². The molecule has 7 nitrogen and oxygen atoms in total. The van der Waals surface area contributed by atoms with Gasteiger partial charge in [-0.15, -0.1) is 0 Å². The number of oxime groups is 1. The van der Waals surface area contributed by atoms with Crippen LogP contribution in [0.4, 0.5) is 5.82 Å². The minimum atomic E-state index is -0.363. The number of halogens is 2. The Kier molecular flexibility index (Phi) is 4.68. The van der Waals surface area contributed by atoms with Gasteiger partial charge in [-0.1, -0.05) is 16.8 Å². The van der Waals surface area contributed by atoms with Crippen molar-refractivity contribution in [1.82, 2.24) is 9.78 Å². The zero-order valence-corrected chi connectivity index (χ0v) is 13.8. The molecule has 1 heterocycles. The maximum atomic E-state index is 12.3. The summed E-state index contributed by atoms with van der Waals surface area (Å²) in [6.07, 6.45) is 1.40. The molecular formula is C12H11ClIN5O2. The predicted molar refractivity (Wildman–Crippen MR) is 87.8 cm³/mol. The quantitative estimate of drug-likeness (QED) is 0.233. The van der Waals surface area contributed by atoms with Crippen molar-refractivity contribution >= 4 is 51.8 Å². The average molecular weight is 420 g/mol. The Bertz CT molecular complexity index is 728. The lowest BCUT2D eigenvalue weighted by atomic mass is 10.2. The summed E-state index contributed by atoms with van der Waals surface area (Å²) >= 11 is 7.95. The van der Waals surface area contributed by atoms with Gasteiger partial charge in [0, 0.05) is 15.6 Å². The summed E-state index contributed by atoms with van der Waals surface area (Å²) in [5, 5.41) is 18.8. The highest BCUT2D eigenvalue weighted by Gasteiger charge is 2.17. The van der Waals surface area contributed by atoms with Gasteiger partial charge in [-0.05, 0) is 40.8 Å². The molecule has 0 radical (unpaired) electrons. The molecule has 0 fully saturated rings. The summed E-state index contributed by atoms with van der Waals surface area (Å²) < 4.78 is 2.17. The van der Waals surface area contributed by atoms with Crippen molar-refractivity contribution in [2.75, 3.05) is 5.32 Å². The van der Waals surface area contributed by atoms with Crippen LogP contribution in [0.15, 0.2) is 29.6 Å². The van der Waals surface area contributed by atoms with Crippen LogP contribution in [-0.2, 0) is 7.05 Å². The summed E-state index contributed by atoms with van der Waals surface area (Å²) in [4.78, 5) is 12.3. The van der Waals surface area contributed by atoms with Gasteiger partial charge in [0.1, 0.15) is 5.82 Å². The molecule has 9 heteroatoms. The first-order valence-corrected chi connectivity index (χ1v) is 7.16. The van der Waals surface area contributed by atoms with Gasteiger partial charge in [-0.25, -0.2) is 0 Å². The van der Waals surface area contributed by atoms with Crippen LogP contribution in [0.1, 0.15) is 15.9 Å². The highest BCUT2D eigenvalue weighted by molar-refractivity contribution is 14.1. The maximum Gasteiger partial charge on any atom is 0.257 e. The number of nitrogens with one attached hydrogen (secondary N) is 1. The fourth-order valence-corrected chi connectivity index (χ4v) is 2.43. The van der Waals surface area contributed by atoms with E-state index in [1.807, 2.05) is 22.6 Å². The van der Waals surface area contributed by atoms with Crippen LogP contribution in [0.25, 0.3) is 0 Å². The Balaban J connectivity index is 2.36. The molecule has 0 aliphatic carbocycles. The van der Waals surface area contributed by atoms with E-state index in [1.165, 1.54) is 10.9 Å². The summed E-state index contributed by atoms with van der Waals surface area (Å²) in [7, 11) is 1.63. The molecule has 4 N–H and O–H groups in total. The Morgan fingerprint density at radius 3 is 2.90 bits per heavy atom. The van der Waals surface area contributed by atoms with E-state index < -0.39 is 0 Å². The predicted octanol–water partition coefficient (Wildman–Crippen LogP) is 2.02. The standard InChI is InChI=1S/C12H11ClIN5O2/c1-19-11(8(5-16-19)10(15)18-21)17-12(20)7-4-6(13)2-3-9(7)14/h2-5,21H,1H3,(H2,15,18)(H,17,20). The summed E-state index contributed by atoms with van der Waals surface area (Å²) in [6.45, 7) is 0. The normalized spacial score (nSPS) is 11.5. The first-order valence-electron chi connectivity index (χ1n) is 5.70. The second kappa shape index (κ2) is 6.31. The van der Waals surface area contributed by atoms with E-state index in [2.05, 4.69) is 15.6 Å². The minimum absolute atomic E-state index is 0.140. The van der Waals surface area contributed by atoms with Crippen molar-refractivity contribution < 1.29 is 10.0 Å². The molecule has 110 valence electrons.